The minimum Gasteiger partial charge on any atom is -0.390 e. The van der Waals surface area contributed by atoms with Gasteiger partial charge in [-0.3, -0.25) is 4.90 Å². The molecule has 1 heterocycles. The largest absolute Gasteiger partial charge is 0.390 e. The molecule has 18 heavy (non-hydrogen) atoms. The van der Waals surface area contributed by atoms with Crippen LogP contribution in [0.2, 0.25) is 0 Å². The molecule has 1 rings (SSSR count). The second kappa shape index (κ2) is 8.06. The van der Waals surface area contributed by atoms with Gasteiger partial charge in [0.1, 0.15) is 9.84 Å². The van der Waals surface area contributed by atoms with Crippen molar-refractivity contribution in [3.63, 3.8) is 0 Å². The fraction of sp³-hybridized carbons (Fsp3) is 1.00. The van der Waals surface area contributed by atoms with E-state index in [1.165, 1.54) is 6.26 Å². The van der Waals surface area contributed by atoms with Crippen molar-refractivity contribution in [2.45, 2.75) is 12.5 Å². The zero-order valence-electron chi connectivity index (χ0n) is 11.0. The van der Waals surface area contributed by atoms with E-state index in [0.29, 0.717) is 26.1 Å². The van der Waals surface area contributed by atoms with Crippen molar-refractivity contribution in [2.24, 2.45) is 0 Å². The lowest BCUT2D eigenvalue weighted by atomic mass is 10.3. The van der Waals surface area contributed by atoms with Crippen LogP contribution in [0.25, 0.3) is 0 Å². The Morgan fingerprint density at radius 1 is 1.39 bits per heavy atom. The smallest absolute Gasteiger partial charge is 0.147 e. The van der Waals surface area contributed by atoms with Gasteiger partial charge in [-0.2, -0.15) is 0 Å². The van der Waals surface area contributed by atoms with Crippen LogP contribution in [-0.2, 0) is 14.6 Å². The zero-order valence-corrected chi connectivity index (χ0v) is 11.8. The average Bonchev–Trinajstić information content (AvgIpc) is 2.28. The molecule has 7 heteroatoms. The maximum atomic E-state index is 10.9. The first-order chi connectivity index (χ1) is 8.47. The second-order valence-corrected chi connectivity index (χ2v) is 7.01. The number of nitrogens with zero attached hydrogens (tertiary/aromatic N) is 1. The summed E-state index contributed by atoms with van der Waals surface area (Å²) >= 11 is 0. The number of hydrogen-bond donors (Lipinski definition) is 2. The maximum absolute atomic E-state index is 10.9. The molecule has 0 bridgehead atoms. The van der Waals surface area contributed by atoms with Gasteiger partial charge in [-0.05, 0) is 13.0 Å². The molecule has 2 N–H and O–H groups in total. The van der Waals surface area contributed by atoms with Gasteiger partial charge in [0.05, 0.1) is 25.1 Å². The number of ether oxygens (including phenoxy) is 1. The summed E-state index contributed by atoms with van der Waals surface area (Å²) in [5.74, 6) is 0.194. The normalized spacial score (nSPS) is 19.9. The van der Waals surface area contributed by atoms with Crippen LogP contribution in [-0.4, -0.2) is 82.5 Å². The van der Waals surface area contributed by atoms with Crippen molar-refractivity contribution >= 4 is 9.84 Å². The van der Waals surface area contributed by atoms with Crippen LogP contribution in [0.3, 0.4) is 0 Å². The van der Waals surface area contributed by atoms with E-state index in [1.807, 2.05) is 0 Å². The van der Waals surface area contributed by atoms with Gasteiger partial charge >= 0.3 is 0 Å². The molecule has 108 valence electrons. The molecule has 0 aromatic carbocycles. The Kier molecular flexibility index (Phi) is 7.10. The van der Waals surface area contributed by atoms with E-state index in [0.717, 1.165) is 26.3 Å². The fourth-order valence-corrected chi connectivity index (χ4v) is 2.54. The molecule has 6 nitrogen and oxygen atoms in total. The molecule has 0 saturated carbocycles. The van der Waals surface area contributed by atoms with Crippen LogP contribution in [0, 0.1) is 0 Å². The predicted molar refractivity (Wildman–Crippen MR) is 70.5 cm³/mol. The van der Waals surface area contributed by atoms with Gasteiger partial charge in [0, 0.05) is 32.4 Å². The predicted octanol–water partition coefficient (Wildman–Crippen LogP) is -1.30. The van der Waals surface area contributed by atoms with Crippen molar-refractivity contribution in [2.75, 3.05) is 57.9 Å². The number of hydrogen-bond acceptors (Lipinski definition) is 6. The molecular weight excluding hydrogens is 256 g/mol. The van der Waals surface area contributed by atoms with E-state index in [1.54, 1.807) is 0 Å². The topological polar surface area (TPSA) is 78.9 Å². The number of β-amino-alcohol motifs (C(OH)–C–C–N with tert-alkyl or cyclic N) is 1. The number of sulfone groups is 1. The molecule has 0 aromatic heterocycles. The van der Waals surface area contributed by atoms with Crippen LogP contribution in [0.15, 0.2) is 0 Å². The Bertz CT molecular complexity index is 315. The Balaban J connectivity index is 2.01. The second-order valence-electron chi connectivity index (χ2n) is 4.75. The Morgan fingerprint density at radius 2 is 2.06 bits per heavy atom. The zero-order chi connectivity index (χ0) is 13.4. The van der Waals surface area contributed by atoms with Gasteiger partial charge in [0.15, 0.2) is 0 Å². The van der Waals surface area contributed by atoms with E-state index in [-0.39, 0.29) is 5.75 Å². The van der Waals surface area contributed by atoms with Crippen molar-refractivity contribution < 1.29 is 18.3 Å². The third-order valence-electron chi connectivity index (χ3n) is 2.82. The van der Waals surface area contributed by atoms with Gasteiger partial charge in [0.25, 0.3) is 0 Å². The van der Waals surface area contributed by atoms with E-state index in [4.69, 9.17) is 4.74 Å². The van der Waals surface area contributed by atoms with E-state index in [2.05, 4.69) is 10.2 Å². The summed E-state index contributed by atoms with van der Waals surface area (Å²) < 4.78 is 27.0. The van der Waals surface area contributed by atoms with Crippen LogP contribution in [0.1, 0.15) is 6.42 Å². The third-order valence-corrected chi connectivity index (χ3v) is 3.85. The fourth-order valence-electron chi connectivity index (χ4n) is 1.87. The first kappa shape index (κ1) is 15.8. The standard InChI is InChI=1S/C11H24N2O4S/c1-18(15,16)8-2-3-12-9-11(14)10-13-4-6-17-7-5-13/h11-12,14H,2-10H2,1H3. The minimum atomic E-state index is -2.87. The van der Waals surface area contributed by atoms with Gasteiger partial charge < -0.3 is 15.2 Å². The van der Waals surface area contributed by atoms with Crippen LogP contribution in [0.5, 0.6) is 0 Å². The first-order valence-corrected chi connectivity index (χ1v) is 8.40. The number of morpholine rings is 1. The molecule has 0 amide bonds. The SMILES string of the molecule is CS(=O)(=O)CCCNCC(O)CN1CCOCC1. The minimum absolute atomic E-state index is 0.194. The van der Waals surface area contributed by atoms with Crippen molar-refractivity contribution in [1.82, 2.24) is 10.2 Å². The molecule has 1 saturated heterocycles. The summed E-state index contributed by atoms with van der Waals surface area (Å²) in [5.41, 5.74) is 0. The van der Waals surface area contributed by atoms with Crippen LogP contribution < -0.4 is 5.32 Å². The average molecular weight is 280 g/mol. The highest BCUT2D eigenvalue weighted by atomic mass is 32.2. The quantitative estimate of drug-likeness (QED) is 0.538. The first-order valence-electron chi connectivity index (χ1n) is 6.34. The maximum Gasteiger partial charge on any atom is 0.147 e. The van der Waals surface area contributed by atoms with E-state index >= 15 is 0 Å². The molecule has 1 aliphatic heterocycles. The van der Waals surface area contributed by atoms with Crippen molar-refractivity contribution in [3.05, 3.63) is 0 Å². The van der Waals surface area contributed by atoms with E-state index in [9.17, 15) is 13.5 Å². The molecule has 1 unspecified atom stereocenters. The molecule has 0 aliphatic carbocycles. The van der Waals surface area contributed by atoms with Gasteiger partial charge in [0.2, 0.25) is 0 Å². The van der Waals surface area contributed by atoms with Gasteiger partial charge in [-0.15, -0.1) is 0 Å². The van der Waals surface area contributed by atoms with Gasteiger partial charge in [-0.1, -0.05) is 0 Å². The molecule has 1 aliphatic rings. The van der Waals surface area contributed by atoms with Crippen LogP contribution in [0.4, 0.5) is 0 Å². The molecule has 1 atom stereocenters. The van der Waals surface area contributed by atoms with Crippen LogP contribution >= 0.6 is 0 Å². The highest BCUT2D eigenvalue weighted by Gasteiger charge is 2.14. The lowest BCUT2D eigenvalue weighted by molar-refractivity contribution is 0.0150. The summed E-state index contributed by atoms with van der Waals surface area (Å²) in [6.07, 6.45) is 1.41. The lowest BCUT2D eigenvalue weighted by Crippen LogP contribution is -2.43. The number of rotatable bonds is 8. The van der Waals surface area contributed by atoms with E-state index < -0.39 is 15.9 Å². The van der Waals surface area contributed by atoms with Gasteiger partial charge in [-0.25, -0.2) is 8.42 Å². The third kappa shape index (κ3) is 7.99. The van der Waals surface area contributed by atoms with Crippen molar-refractivity contribution in [1.29, 1.82) is 0 Å². The monoisotopic (exact) mass is 280 g/mol. The Labute approximate surface area is 109 Å². The number of aliphatic hydroxyl groups is 1. The molecule has 0 spiro atoms. The Hall–Kier alpha value is -0.210. The lowest BCUT2D eigenvalue weighted by Gasteiger charge is -2.28. The highest BCUT2D eigenvalue weighted by Crippen LogP contribution is 1.98. The molecule has 0 radical (unpaired) electrons. The summed E-state index contributed by atoms with van der Waals surface area (Å²) in [6.45, 7) is 4.95. The summed E-state index contributed by atoms with van der Waals surface area (Å²) in [7, 11) is -2.87. The molecular formula is C11H24N2O4S. The summed E-state index contributed by atoms with van der Waals surface area (Å²) in [6, 6.07) is 0. The Morgan fingerprint density at radius 3 is 2.67 bits per heavy atom. The van der Waals surface area contributed by atoms with Crippen molar-refractivity contribution in [3.8, 4) is 0 Å². The highest BCUT2D eigenvalue weighted by molar-refractivity contribution is 7.90. The molecule has 0 aromatic rings. The summed E-state index contributed by atoms with van der Waals surface area (Å²) in [5, 5.41) is 12.9. The number of nitrogens with one attached hydrogen (secondary N) is 1. The summed E-state index contributed by atoms with van der Waals surface area (Å²) in [4.78, 5) is 2.17. The number of aliphatic hydroxyl groups excluding tert-OH is 1. The molecule has 1 fully saturated rings.